The maximum Gasteiger partial charge on any atom is 0.191 e. The van der Waals surface area contributed by atoms with Crippen LogP contribution in [-0.2, 0) is 4.74 Å². The second-order valence-electron chi connectivity index (χ2n) is 4.65. The van der Waals surface area contributed by atoms with Crippen LogP contribution < -0.4 is 10.6 Å². The normalized spacial score (nSPS) is 19.8. The molecule has 0 bridgehead atoms. The monoisotopic (exact) mass is 369 g/mol. The summed E-state index contributed by atoms with van der Waals surface area (Å²) in [7, 11) is 1.82. The van der Waals surface area contributed by atoms with Crippen LogP contribution in [0.1, 0.15) is 39.5 Å². The van der Waals surface area contributed by atoms with Gasteiger partial charge in [-0.2, -0.15) is 0 Å². The molecule has 1 fully saturated rings. The Balaban J connectivity index is 0.00000289. The molecule has 1 rings (SSSR count). The highest BCUT2D eigenvalue weighted by Crippen LogP contribution is 2.10. The predicted molar refractivity (Wildman–Crippen MR) is 87.8 cm³/mol. The van der Waals surface area contributed by atoms with Crippen molar-refractivity contribution in [3.63, 3.8) is 0 Å². The standard InChI is InChI=1S/C13H27N3O.HI/c1-4-11(5-2)9-15-13(14-3)16-10-12-7-6-8-17-12;/h11-12H,4-10H2,1-3H3,(H2,14,15,16);1H. The molecule has 0 aromatic heterocycles. The zero-order valence-electron chi connectivity index (χ0n) is 11.9. The minimum absolute atomic E-state index is 0. The second kappa shape index (κ2) is 10.8. The first-order valence-electron chi connectivity index (χ1n) is 6.86. The first kappa shape index (κ1) is 18.0. The summed E-state index contributed by atoms with van der Waals surface area (Å²) in [6.07, 6.45) is 5.14. The fraction of sp³-hybridized carbons (Fsp3) is 0.923. The number of aliphatic imine (C=N–C) groups is 1. The van der Waals surface area contributed by atoms with Crippen LogP contribution in [0, 0.1) is 5.92 Å². The smallest absolute Gasteiger partial charge is 0.191 e. The molecule has 0 saturated carbocycles. The van der Waals surface area contributed by atoms with Crippen molar-refractivity contribution in [1.29, 1.82) is 0 Å². The molecule has 0 spiro atoms. The first-order chi connectivity index (χ1) is 8.30. The topological polar surface area (TPSA) is 45.7 Å². The molecule has 1 saturated heterocycles. The molecule has 1 heterocycles. The number of ether oxygens (including phenoxy) is 1. The lowest BCUT2D eigenvalue weighted by Crippen LogP contribution is -2.42. The average Bonchev–Trinajstić information content (AvgIpc) is 2.87. The SMILES string of the molecule is CCC(CC)CNC(=NC)NCC1CCCO1.I. The Morgan fingerprint density at radius 1 is 1.33 bits per heavy atom. The van der Waals surface area contributed by atoms with Crippen LogP contribution in [0.5, 0.6) is 0 Å². The van der Waals surface area contributed by atoms with Crippen molar-refractivity contribution in [2.45, 2.75) is 45.6 Å². The summed E-state index contributed by atoms with van der Waals surface area (Å²) in [6, 6.07) is 0. The molecular weight excluding hydrogens is 341 g/mol. The highest BCUT2D eigenvalue weighted by atomic mass is 127. The van der Waals surface area contributed by atoms with Gasteiger partial charge in [0.05, 0.1) is 6.10 Å². The predicted octanol–water partition coefficient (Wildman–Crippen LogP) is 2.38. The van der Waals surface area contributed by atoms with Gasteiger partial charge in [-0.15, -0.1) is 24.0 Å². The Labute approximate surface area is 128 Å². The molecule has 1 atom stereocenters. The van der Waals surface area contributed by atoms with E-state index in [1.807, 2.05) is 7.05 Å². The Bertz CT molecular complexity index is 218. The average molecular weight is 369 g/mol. The Morgan fingerprint density at radius 2 is 2.06 bits per heavy atom. The Morgan fingerprint density at radius 3 is 2.56 bits per heavy atom. The van der Waals surface area contributed by atoms with Gasteiger partial charge in [-0.3, -0.25) is 4.99 Å². The van der Waals surface area contributed by atoms with E-state index in [2.05, 4.69) is 29.5 Å². The lowest BCUT2D eigenvalue weighted by Gasteiger charge is -2.18. The minimum atomic E-state index is 0. The lowest BCUT2D eigenvalue weighted by atomic mass is 10.0. The van der Waals surface area contributed by atoms with E-state index < -0.39 is 0 Å². The zero-order chi connectivity index (χ0) is 12.5. The van der Waals surface area contributed by atoms with E-state index >= 15 is 0 Å². The number of hydrogen-bond donors (Lipinski definition) is 2. The van der Waals surface area contributed by atoms with Crippen LogP contribution in [0.25, 0.3) is 0 Å². The van der Waals surface area contributed by atoms with E-state index in [-0.39, 0.29) is 24.0 Å². The number of hydrogen-bond acceptors (Lipinski definition) is 2. The van der Waals surface area contributed by atoms with Gasteiger partial charge in [0, 0.05) is 26.7 Å². The molecule has 4 nitrogen and oxygen atoms in total. The fourth-order valence-corrected chi connectivity index (χ4v) is 2.05. The number of nitrogens with one attached hydrogen (secondary N) is 2. The van der Waals surface area contributed by atoms with Crippen LogP contribution in [0.4, 0.5) is 0 Å². The second-order valence-corrected chi connectivity index (χ2v) is 4.65. The van der Waals surface area contributed by atoms with Crippen molar-refractivity contribution in [3.8, 4) is 0 Å². The van der Waals surface area contributed by atoms with Crippen molar-refractivity contribution in [2.75, 3.05) is 26.7 Å². The summed E-state index contributed by atoms with van der Waals surface area (Å²) in [5.41, 5.74) is 0. The lowest BCUT2D eigenvalue weighted by molar-refractivity contribution is 0.114. The van der Waals surface area contributed by atoms with Crippen molar-refractivity contribution in [3.05, 3.63) is 0 Å². The number of guanidine groups is 1. The van der Waals surface area contributed by atoms with Gasteiger partial charge >= 0.3 is 0 Å². The summed E-state index contributed by atoms with van der Waals surface area (Å²) in [5.74, 6) is 1.63. The van der Waals surface area contributed by atoms with E-state index in [0.29, 0.717) is 6.10 Å². The number of rotatable bonds is 6. The molecule has 1 unspecified atom stereocenters. The maximum absolute atomic E-state index is 5.57. The summed E-state index contributed by atoms with van der Waals surface area (Å²) in [6.45, 7) is 7.24. The van der Waals surface area contributed by atoms with Crippen molar-refractivity contribution >= 4 is 29.9 Å². The number of halogens is 1. The summed E-state index contributed by atoms with van der Waals surface area (Å²) >= 11 is 0. The van der Waals surface area contributed by atoms with E-state index in [1.54, 1.807) is 0 Å². The van der Waals surface area contributed by atoms with Crippen LogP contribution in [0.2, 0.25) is 0 Å². The molecule has 1 aliphatic rings. The summed E-state index contributed by atoms with van der Waals surface area (Å²) in [4.78, 5) is 4.23. The van der Waals surface area contributed by atoms with Crippen LogP contribution in [0.3, 0.4) is 0 Å². The molecule has 0 aromatic rings. The Kier molecular flexibility index (Phi) is 10.8. The van der Waals surface area contributed by atoms with E-state index in [0.717, 1.165) is 38.0 Å². The summed E-state index contributed by atoms with van der Waals surface area (Å²) < 4.78 is 5.57. The molecule has 108 valence electrons. The molecular formula is C13H28IN3O. The van der Waals surface area contributed by atoms with Gasteiger partial charge in [0.15, 0.2) is 5.96 Å². The molecule has 1 aliphatic heterocycles. The van der Waals surface area contributed by atoms with Gasteiger partial charge in [-0.25, -0.2) is 0 Å². The third-order valence-corrected chi connectivity index (χ3v) is 3.46. The highest BCUT2D eigenvalue weighted by molar-refractivity contribution is 14.0. The molecule has 0 aromatic carbocycles. The van der Waals surface area contributed by atoms with Crippen molar-refractivity contribution in [2.24, 2.45) is 10.9 Å². The number of nitrogens with zero attached hydrogens (tertiary/aromatic N) is 1. The van der Waals surface area contributed by atoms with E-state index in [4.69, 9.17) is 4.74 Å². The summed E-state index contributed by atoms with van der Waals surface area (Å²) in [5, 5.41) is 6.71. The molecule has 2 N–H and O–H groups in total. The quantitative estimate of drug-likeness (QED) is 0.429. The van der Waals surface area contributed by atoms with Crippen LogP contribution in [0.15, 0.2) is 4.99 Å². The van der Waals surface area contributed by atoms with Crippen molar-refractivity contribution < 1.29 is 4.74 Å². The largest absolute Gasteiger partial charge is 0.376 e. The highest BCUT2D eigenvalue weighted by Gasteiger charge is 2.15. The van der Waals surface area contributed by atoms with Gasteiger partial charge in [-0.1, -0.05) is 26.7 Å². The fourth-order valence-electron chi connectivity index (χ4n) is 2.05. The molecule has 0 amide bonds. The third-order valence-electron chi connectivity index (χ3n) is 3.46. The zero-order valence-corrected chi connectivity index (χ0v) is 14.2. The van der Waals surface area contributed by atoms with Gasteiger partial charge in [0.1, 0.15) is 0 Å². The molecule has 5 heteroatoms. The van der Waals surface area contributed by atoms with Gasteiger partial charge in [0.2, 0.25) is 0 Å². The van der Waals surface area contributed by atoms with Crippen LogP contribution in [-0.4, -0.2) is 38.8 Å². The van der Waals surface area contributed by atoms with Crippen LogP contribution >= 0.6 is 24.0 Å². The van der Waals surface area contributed by atoms with Crippen molar-refractivity contribution in [1.82, 2.24) is 10.6 Å². The maximum atomic E-state index is 5.57. The molecule has 18 heavy (non-hydrogen) atoms. The van der Waals surface area contributed by atoms with E-state index in [9.17, 15) is 0 Å². The van der Waals surface area contributed by atoms with Gasteiger partial charge in [-0.05, 0) is 18.8 Å². The molecule has 0 radical (unpaired) electrons. The minimum Gasteiger partial charge on any atom is -0.376 e. The van der Waals surface area contributed by atoms with E-state index in [1.165, 1.54) is 19.3 Å². The third kappa shape index (κ3) is 6.78. The molecule has 0 aliphatic carbocycles. The van der Waals surface area contributed by atoms with Gasteiger partial charge in [0.25, 0.3) is 0 Å². The van der Waals surface area contributed by atoms with Gasteiger partial charge < -0.3 is 15.4 Å². The Hall–Kier alpha value is -0.0400. The first-order valence-corrected chi connectivity index (χ1v) is 6.86.